The molecule has 1 N–H and O–H groups in total. The van der Waals surface area contributed by atoms with Gasteiger partial charge >= 0.3 is 0 Å². The van der Waals surface area contributed by atoms with E-state index in [0.29, 0.717) is 17.2 Å². The number of aromatic nitrogens is 2. The average molecular weight is 324 g/mol. The maximum Gasteiger partial charge on any atom is 0.255 e. The van der Waals surface area contributed by atoms with Crippen LogP contribution in [0.3, 0.4) is 0 Å². The smallest absolute Gasteiger partial charge is 0.255 e. The third-order valence-corrected chi connectivity index (χ3v) is 5.07. The molecule has 1 unspecified atom stereocenters. The molecule has 5 rings (SSSR count). The number of hydrogen-bond donors (Lipinski definition) is 1. The molecule has 2 bridgehead atoms. The van der Waals surface area contributed by atoms with E-state index < -0.39 is 0 Å². The summed E-state index contributed by atoms with van der Waals surface area (Å²) in [5.74, 6) is 0.453. The Hall–Kier alpha value is -2.47. The maximum absolute atomic E-state index is 12.6. The zero-order valence-electron chi connectivity index (χ0n) is 13.4. The first-order valence-electron chi connectivity index (χ1n) is 8.37. The first-order valence-corrected chi connectivity index (χ1v) is 8.37. The van der Waals surface area contributed by atoms with Crippen molar-refractivity contribution >= 4 is 5.91 Å². The Morgan fingerprint density at radius 3 is 2.71 bits per heavy atom. The number of rotatable bonds is 3. The lowest BCUT2D eigenvalue weighted by atomic mass is 9.84. The highest BCUT2D eigenvalue weighted by Gasteiger charge is 2.34. The van der Waals surface area contributed by atoms with E-state index in [2.05, 4.69) is 15.2 Å². The minimum absolute atomic E-state index is 0.119. The Kier molecular flexibility index (Phi) is 3.90. The maximum atomic E-state index is 12.6. The van der Waals surface area contributed by atoms with Crippen LogP contribution in [-0.4, -0.2) is 46.0 Å². The number of nitrogens with one attached hydrogen (secondary N) is 1. The van der Waals surface area contributed by atoms with Gasteiger partial charge in [0.05, 0.1) is 17.4 Å². The summed E-state index contributed by atoms with van der Waals surface area (Å²) in [5.41, 5.74) is 0.970. The first kappa shape index (κ1) is 15.1. The third-order valence-electron chi connectivity index (χ3n) is 5.07. The second kappa shape index (κ2) is 6.20. The molecule has 6 nitrogen and oxygen atoms in total. The molecule has 24 heavy (non-hydrogen) atoms. The predicted molar refractivity (Wildman–Crippen MR) is 90.3 cm³/mol. The molecule has 0 saturated carbocycles. The summed E-state index contributed by atoms with van der Waals surface area (Å²) in [6.07, 6.45) is 7.16. The first-order chi connectivity index (χ1) is 11.7. The fraction of sp³-hybridized carbons (Fsp3) is 0.389. The van der Waals surface area contributed by atoms with Crippen LogP contribution in [-0.2, 0) is 0 Å². The fourth-order valence-corrected chi connectivity index (χ4v) is 3.70. The number of piperidine rings is 3. The molecule has 0 aromatic carbocycles. The highest BCUT2D eigenvalue weighted by atomic mass is 16.2. The molecule has 3 aliphatic heterocycles. The number of nitrogens with zero attached hydrogens (tertiary/aromatic N) is 3. The van der Waals surface area contributed by atoms with Crippen LogP contribution in [0, 0.1) is 5.92 Å². The summed E-state index contributed by atoms with van der Waals surface area (Å²) in [4.78, 5) is 31.1. The van der Waals surface area contributed by atoms with Gasteiger partial charge in [0, 0.05) is 31.0 Å². The standard InChI is InChI=1S/C18H20N4O2/c23-17-4-3-14(11-22(17)15-2-1-7-19-10-15)18(24)20-16-12-21-8-5-13(16)6-9-21/h1-4,7,10-11,13,16H,5-6,8-9,12H2,(H,20,24). The molecule has 3 saturated heterocycles. The molecule has 1 atom stereocenters. The van der Waals surface area contributed by atoms with E-state index in [9.17, 15) is 9.59 Å². The van der Waals surface area contributed by atoms with Crippen LogP contribution in [0.4, 0.5) is 0 Å². The molecule has 2 aromatic rings. The van der Waals surface area contributed by atoms with Crippen molar-refractivity contribution in [3.05, 3.63) is 58.8 Å². The van der Waals surface area contributed by atoms with Gasteiger partial charge < -0.3 is 10.2 Å². The van der Waals surface area contributed by atoms with Crippen LogP contribution in [0.15, 0.2) is 47.7 Å². The van der Waals surface area contributed by atoms with Crippen molar-refractivity contribution in [1.29, 1.82) is 0 Å². The van der Waals surface area contributed by atoms with Crippen LogP contribution in [0.2, 0.25) is 0 Å². The van der Waals surface area contributed by atoms with E-state index >= 15 is 0 Å². The van der Waals surface area contributed by atoms with Gasteiger partial charge in [-0.3, -0.25) is 19.1 Å². The molecular weight excluding hydrogens is 304 g/mol. The highest BCUT2D eigenvalue weighted by Crippen LogP contribution is 2.27. The highest BCUT2D eigenvalue weighted by molar-refractivity contribution is 5.94. The van der Waals surface area contributed by atoms with Gasteiger partial charge in [-0.1, -0.05) is 0 Å². The number of amides is 1. The number of pyridine rings is 2. The number of fused-ring (bicyclic) bond motifs is 3. The van der Waals surface area contributed by atoms with E-state index in [0.717, 1.165) is 32.5 Å². The van der Waals surface area contributed by atoms with Gasteiger partial charge in [-0.25, -0.2) is 0 Å². The number of carbonyl (C=O) groups is 1. The van der Waals surface area contributed by atoms with Crippen molar-refractivity contribution in [2.45, 2.75) is 18.9 Å². The van der Waals surface area contributed by atoms with Crippen LogP contribution in [0.5, 0.6) is 0 Å². The zero-order chi connectivity index (χ0) is 16.5. The molecule has 5 heterocycles. The third kappa shape index (κ3) is 2.85. The lowest BCUT2D eigenvalue weighted by Gasteiger charge is -2.44. The van der Waals surface area contributed by atoms with Crippen molar-refractivity contribution in [2.24, 2.45) is 5.92 Å². The van der Waals surface area contributed by atoms with Gasteiger partial charge in [-0.05, 0) is 50.0 Å². The van der Waals surface area contributed by atoms with Gasteiger partial charge in [0.15, 0.2) is 0 Å². The Morgan fingerprint density at radius 2 is 2.04 bits per heavy atom. The van der Waals surface area contributed by atoms with Crippen molar-refractivity contribution in [3.63, 3.8) is 0 Å². The topological polar surface area (TPSA) is 67.2 Å². The number of hydrogen-bond acceptors (Lipinski definition) is 4. The molecule has 1 amide bonds. The fourth-order valence-electron chi connectivity index (χ4n) is 3.70. The molecular formula is C18H20N4O2. The largest absolute Gasteiger partial charge is 0.348 e. The minimum atomic E-state index is -0.178. The quantitative estimate of drug-likeness (QED) is 0.917. The summed E-state index contributed by atoms with van der Waals surface area (Å²) in [6.45, 7) is 3.21. The van der Waals surface area contributed by atoms with Gasteiger partial charge in [-0.15, -0.1) is 0 Å². The van der Waals surface area contributed by atoms with Crippen molar-refractivity contribution < 1.29 is 4.79 Å². The van der Waals surface area contributed by atoms with E-state index in [-0.39, 0.29) is 17.5 Å². The van der Waals surface area contributed by atoms with Gasteiger partial charge in [0.1, 0.15) is 0 Å². The summed E-state index contributed by atoms with van der Waals surface area (Å²) in [7, 11) is 0. The van der Waals surface area contributed by atoms with Crippen LogP contribution < -0.4 is 10.9 Å². The van der Waals surface area contributed by atoms with Gasteiger partial charge in [-0.2, -0.15) is 0 Å². The molecule has 3 aliphatic rings. The second-order valence-electron chi connectivity index (χ2n) is 6.56. The minimum Gasteiger partial charge on any atom is -0.348 e. The zero-order valence-corrected chi connectivity index (χ0v) is 13.4. The van der Waals surface area contributed by atoms with Crippen molar-refractivity contribution in [1.82, 2.24) is 19.8 Å². The van der Waals surface area contributed by atoms with Crippen LogP contribution >= 0.6 is 0 Å². The monoisotopic (exact) mass is 324 g/mol. The Balaban J connectivity index is 1.56. The van der Waals surface area contributed by atoms with Crippen LogP contribution in [0.25, 0.3) is 5.69 Å². The van der Waals surface area contributed by atoms with E-state index in [1.165, 1.54) is 10.6 Å². The average Bonchev–Trinajstić information content (AvgIpc) is 2.64. The van der Waals surface area contributed by atoms with Gasteiger partial charge in [0.25, 0.3) is 11.5 Å². The molecule has 124 valence electrons. The van der Waals surface area contributed by atoms with E-state index in [1.807, 2.05) is 0 Å². The second-order valence-corrected chi connectivity index (χ2v) is 6.56. The van der Waals surface area contributed by atoms with Crippen molar-refractivity contribution in [3.8, 4) is 5.69 Å². The summed E-state index contributed by atoms with van der Waals surface area (Å²) >= 11 is 0. The van der Waals surface area contributed by atoms with Gasteiger partial charge in [0.2, 0.25) is 0 Å². The Labute approximate surface area is 140 Å². The normalized spacial score (nSPS) is 25.4. The lowest BCUT2D eigenvalue weighted by molar-refractivity contribution is 0.0620. The SMILES string of the molecule is O=C(NC1CN2CCC1CC2)c1ccc(=O)n(-c2cccnc2)c1. The lowest BCUT2D eigenvalue weighted by Crippen LogP contribution is -2.57. The summed E-state index contributed by atoms with van der Waals surface area (Å²) < 4.78 is 1.46. The number of carbonyl (C=O) groups excluding carboxylic acids is 1. The molecule has 3 fully saturated rings. The molecule has 0 spiro atoms. The molecule has 0 radical (unpaired) electrons. The van der Waals surface area contributed by atoms with Crippen LogP contribution in [0.1, 0.15) is 23.2 Å². The van der Waals surface area contributed by atoms with Crippen molar-refractivity contribution in [2.75, 3.05) is 19.6 Å². The van der Waals surface area contributed by atoms with E-state index in [1.54, 1.807) is 36.8 Å². The predicted octanol–water partition coefficient (Wildman–Crippen LogP) is 1.06. The molecule has 6 heteroatoms. The summed E-state index contributed by atoms with van der Waals surface area (Å²) in [6, 6.07) is 6.79. The summed E-state index contributed by atoms with van der Waals surface area (Å²) in [5, 5.41) is 3.15. The molecule has 0 aliphatic carbocycles. The van der Waals surface area contributed by atoms with E-state index in [4.69, 9.17) is 0 Å². The Bertz CT molecular complexity index is 794. The Morgan fingerprint density at radius 1 is 1.21 bits per heavy atom. The molecule has 2 aromatic heterocycles.